The summed E-state index contributed by atoms with van der Waals surface area (Å²) in [7, 11) is 0. The van der Waals surface area contributed by atoms with Gasteiger partial charge in [-0.15, -0.1) is 0 Å². The zero-order valence-corrected chi connectivity index (χ0v) is 9.51. The number of para-hydroxylation sites is 1. The number of halogens is 1. The summed E-state index contributed by atoms with van der Waals surface area (Å²) < 4.78 is 57.8. The van der Waals surface area contributed by atoms with Gasteiger partial charge >= 0.3 is 0 Å². The SMILES string of the molecule is [2H]c1c([2H])c([2H])c(OC2(c3ccc(F)cc3)CNC2)c([2H])c1[2H]. The third-order valence-electron chi connectivity index (χ3n) is 2.97. The quantitative estimate of drug-likeness (QED) is 0.901. The van der Waals surface area contributed by atoms with Gasteiger partial charge in [0.25, 0.3) is 0 Å². The van der Waals surface area contributed by atoms with E-state index in [1.165, 1.54) is 12.1 Å². The molecule has 1 N–H and O–H groups in total. The van der Waals surface area contributed by atoms with E-state index in [0.717, 1.165) is 0 Å². The first-order chi connectivity index (χ1) is 10.9. The van der Waals surface area contributed by atoms with Crippen molar-refractivity contribution in [1.29, 1.82) is 0 Å². The van der Waals surface area contributed by atoms with Gasteiger partial charge in [0.05, 0.1) is 6.85 Å². The molecule has 0 saturated carbocycles. The van der Waals surface area contributed by atoms with Crippen molar-refractivity contribution in [2.75, 3.05) is 13.1 Å². The van der Waals surface area contributed by atoms with Gasteiger partial charge in [-0.2, -0.15) is 0 Å². The van der Waals surface area contributed by atoms with Gasteiger partial charge in [0.15, 0.2) is 5.60 Å². The zero-order valence-electron chi connectivity index (χ0n) is 14.5. The molecular formula is C15H14FNO. The lowest BCUT2D eigenvalue weighted by atomic mass is 9.87. The summed E-state index contributed by atoms with van der Waals surface area (Å²) >= 11 is 0. The summed E-state index contributed by atoms with van der Waals surface area (Å²) in [6.07, 6.45) is 0. The van der Waals surface area contributed by atoms with Crippen molar-refractivity contribution >= 4 is 0 Å². The van der Waals surface area contributed by atoms with Gasteiger partial charge in [-0.3, -0.25) is 0 Å². The van der Waals surface area contributed by atoms with Crippen LogP contribution in [0.15, 0.2) is 54.5 Å². The van der Waals surface area contributed by atoms with Crippen LogP contribution in [0.25, 0.3) is 0 Å². The molecule has 0 spiro atoms. The normalized spacial score (nSPS) is 20.8. The first-order valence-corrected chi connectivity index (χ1v) is 5.58. The van der Waals surface area contributed by atoms with Gasteiger partial charge in [-0.25, -0.2) is 4.39 Å². The Morgan fingerprint density at radius 2 is 1.78 bits per heavy atom. The van der Waals surface area contributed by atoms with Crippen molar-refractivity contribution in [2.24, 2.45) is 0 Å². The van der Waals surface area contributed by atoms with E-state index in [4.69, 9.17) is 11.6 Å². The van der Waals surface area contributed by atoms with Crippen LogP contribution in [-0.4, -0.2) is 13.1 Å². The molecule has 2 nitrogen and oxygen atoms in total. The molecule has 2 aromatic rings. The van der Waals surface area contributed by atoms with E-state index in [1.54, 1.807) is 12.1 Å². The third kappa shape index (κ3) is 1.97. The first kappa shape index (κ1) is 6.90. The topological polar surface area (TPSA) is 21.3 Å². The summed E-state index contributed by atoms with van der Waals surface area (Å²) in [5, 5.41) is 3.04. The van der Waals surface area contributed by atoms with Gasteiger partial charge in [0.2, 0.25) is 0 Å². The maximum Gasteiger partial charge on any atom is 0.159 e. The number of rotatable bonds is 3. The van der Waals surface area contributed by atoms with Gasteiger partial charge in [-0.1, -0.05) is 30.3 Å². The molecule has 0 amide bonds. The molecule has 3 heteroatoms. The lowest BCUT2D eigenvalue weighted by Crippen LogP contribution is -2.60. The predicted molar refractivity (Wildman–Crippen MR) is 68.0 cm³/mol. The minimum atomic E-state index is -0.873. The number of ether oxygens (including phenoxy) is 1. The molecule has 92 valence electrons. The molecule has 1 fully saturated rings. The van der Waals surface area contributed by atoms with Crippen LogP contribution in [0.3, 0.4) is 0 Å². The Bertz CT molecular complexity index is 732. The fourth-order valence-electron chi connectivity index (χ4n) is 1.93. The lowest BCUT2D eigenvalue weighted by Gasteiger charge is -2.43. The second kappa shape index (κ2) is 4.42. The van der Waals surface area contributed by atoms with E-state index < -0.39 is 23.7 Å². The van der Waals surface area contributed by atoms with E-state index in [9.17, 15) is 4.39 Å². The Kier molecular flexibility index (Phi) is 1.70. The number of nitrogens with one attached hydrogen (secondary N) is 1. The molecule has 3 rings (SSSR count). The molecule has 0 aromatic heterocycles. The van der Waals surface area contributed by atoms with Crippen LogP contribution in [0, 0.1) is 5.82 Å². The molecule has 2 aromatic carbocycles. The third-order valence-corrected chi connectivity index (χ3v) is 2.97. The Morgan fingerprint density at radius 1 is 1.11 bits per heavy atom. The number of hydrogen-bond acceptors (Lipinski definition) is 2. The highest BCUT2D eigenvalue weighted by molar-refractivity contribution is 5.31. The van der Waals surface area contributed by atoms with Crippen LogP contribution in [0.4, 0.5) is 4.39 Å². The fourth-order valence-corrected chi connectivity index (χ4v) is 1.93. The van der Waals surface area contributed by atoms with Crippen molar-refractivity contribution in [1.82, 2.24) is 5.32 Å². The maximum absolute atomic E-state index is 13.1. The molecule has 0 bridgehead atoms. The summed E-state index contributed by atoms with van der Waals surface area (Å²) in [6, 6.07) is 3.65. The molecule has 0 radical (unpaired) electrons. The minimum absolute atomic E-state index is 0.193. The lowest BCUT2D eigenvalue weighted by molar-refractivity contribution is 0.0121. The molecule has 1 aliphatic heterocycles. The minimum Gasteiger partial charge on any atom is -0.480 e. The van der Waals surface area contributed by atoms with E-state index in [2.05, 4.69) is 5.32 Å². The number of benzene rings is 2. The van der Waals surface area contributed by atoms with E-state index in [-0.39, 0.29) is 23.7 Å². The van der Waals surface area contributed by atoms with Crippen molar-refractivity contribution < 1.29 is 16.0 Å². The molecule has 0 unspecified atom stereocenters. The average Bonchev–Trinajstić information content (AvgIpc) is 2.51. The predicted octanol–water partition coefficient (Wildman–Crippen LogP) is 2.70. The average molecular weight is 248 g/mol. The summed E-state index contributed by atoms with van der Waals surface area (Å²) in [4.78, 5) is 0. The fraction of sp³-hybridized carbons (Fsp3) is 0.200. The van der Waals surface area contributed by atoms with Crippen molar-refractivity contribution in [2.45, 2.75) is 5.60 Å². The molecule has 1 saturated heterocycles. The second-order valence-corrected chi connectivity index (χ2v) is 4.16. The highest BCUT2D eigenvalue weighted by Gasteiger charge is 2.41. The molecular weight excluding hydrogens is 229 g/mol. The van der Waals surface area contributed by atoms with Gasteiger partial charge in [0.1, 0.15) is 11.6 Å². The zero-order chi connectivity index (χ0) is 16.8. The monoisotopic (exact) mass is 248 g/mol. The molecule has 0 atom stereocenters. The molecule has 0 aliphatic carbocycles. The van der Waals surface area contributed by atoms with Crippen LogP contribution in [0.1, 0.15) is 12.4 Å². The largest absolute Gasteiger partial charge is 0.480 e. The first-order valence-electron chi connectivity index (χ1n) is 8.08. The van der Waals surface area contributed by atoms with Crippen LogP contribution in [0.2, 0.25) is 0 Å². The summed E-state index contributed by atoms with van der Waals surface area (Å²) in [5.41, 5.74) is -0.189. The van der Waals surface area contributed by atoms with Crippen molar-refractivity contribution in [3.05, 3.63) is 65.9 Å². The Hall–Kier alpha value is -1.87. The standard InChI is InChI=1S/C15H14FNO/c16-13-8-6-12(7-9-13)15(10-17-11-15)18-14-4-2-1-3-5-14/h1-9,17H,10-11H2/i1D,2D,3D,4D,5D. The Labute approximate surface area is 112 Å². The summed E-state index contributed by atoms with van der Waals surface area (Å²) in [6.45, 7) is 0.807. The molecule has 18 heavy (non-hydrogen) atoms. The van der Waals surface area contributed by atoms with Gasteiger partial charge < -0.3 is 10.1 Å². The maximum atomic E-state index is 13.1. The highest BCUT2D eigenvalue weighted by Crippen LogP contribution is 2.31. The Morgan fingerprint density at radius 3 is 2.33 bits per heavy atom. The van der Waals surface area contributed by atoms with E-state index >= 15 is 0 Å². The summed E-state index contributed by atoms with van der Waals surface area (Å²) in [5.74, 6) is -0.569. The smallest absolute Gasteiger partial charge is 0.159 e. The second-order valence-electron chi connectivity index (χ2n) is 4.16. The van der Waals surface area contributed by atoms with Gasteiger partial charge in [-0.05, 0) is 29.8 Å². The van der Waals surface area contributed by atoms with Crippen LogP contribution < -0.4 is 10.1 Å². The molecule has 1 aliphatic rings. The van der Waals surface area contributed by atoms with Crippen molar-refractivity contribution in [3.63, 3.8) is 0 Å². The van der Waals surface area contributed by atoms with E-state index in [1.807, 2.05) is 0 Å². The van der Waals surface area contributed by atoms with Crippen LogP contribution in [0.5, 0.6) is 5.75 Å². The van der Waals surface area contributed by atoms with Crippen LogP contribution in [-0.2, 0) is 5.60 Å². The van der Waals surface area contributed by atoms with E-state index in [0.29, 0.717) is 18.7 Å². The van der Waals surface area contributed by atoms with Crippen LogP contribution >= 0.6 is 0 Å². The molecule has 1 heterocycles. The Balaban J connectivity index is 2.05. The van der Waals surface area contributed by atoms with Gasteiger partial charge in [0, 0.05) is 13.1 Å². The number of hydrogen-bond donors (Lipinski definition) is 1. The van der Waals surface area contributed by atoms with Crippen molar-refractivity contribution in [3.8, 4) is 5.75 Å². The highest BCUT2D eigenvalue weighted by atomic mass is 19.1.